The molecule has 0 aliphatic carbocycles. The first-order valence-corrected chi connectivity index (χ1v) is 9.30. The molecule has 1 amide bonds. The van der Waals surface area contributed by atoms with Gasteiger partial charge in [-0.15, -0.1) is 0 Å². The van der Waals surface area contributed by atoms with Gasteiger partial charge in [0.15, 0.2) is 0 Å². The van der Waals surface area contributed by atoms with Crippen molar-refractivity contribution in [3.63, 3.8) is 0 Å². The third-order valence-electron chi connectivity index (χ3n) is 3.01. The van der Waals surface area contributed by atoms with E-state index in [4.69, 9.17) is 24.1 Å². The van der Waals surface area contributed by atoms with Crippen LogP contribution >= 0.6 is 0 Å². The number of rotatable bonds is 13. The molecule has 120 valence electrons. The molecule has 0 saturated heterocycles. The third-order valence-corrected chi connectivity index (χ3v) is 6.16. The highest BCUT2D eigenvalue weighted by atomic mass is 28.4. The van der Waals surface area contributed by atoms with Crippen molar-refractivity contribution in [2.75, 3.05) is 26.4 Å². The van der Waals surface area contributed by atoms with Crippen molar-refractivity contribution in [1.82, 2.24) is 0 Å². The summed E-state index contributed by atoms with van der Waals surface area (Å²) in [4.78, 5) is 11.3. The smallest absolute Gasteiger partial charge is 0.396 e. The van der Waals surface area contributed by atoms with Crippen LogP contribution < -0.4 is 5.73 Å². The lowest BCUT2D eigenvalue weighted by atomic mass is 10.00. The Morgan fingerprint density at radius 1 is 1.10 bits per heavy atom. The average Bonchev–Trinajstić information content (AvgIpc) is 2.38. The lowest BCUT2D eigenvalue weighted by molar-refractivity contribution is -0.122. The quantitative estimate of drug-likeness (QED) is 0.500. The minimum atomic E-state index is -2.63. The zero-order valence-electron chi connectivity index (χ0n) is 12.9. The SMILES string of the molecule is CCO[Si](CCCC(CCO)C(N)=O)(OCC)OCC. The van der Waals surface area contributed by atoms with Crippen molar-refractivity contribution in [2.24, 2.45) is 11.7 Å². The second-order valence-corrected chi connectivity index (χ2v) is 7.22. The Hall–Kier alpha value is -0.473. The number of hydrogen-bond acceptors (Lipinski definition) is 5. The van der Waals surface area contributed by atoms with Crippen LogP contribution in [0.1, 0.15) is 40.0 Å². The number of aliphatic hydroxyl groups is 1. The Morgan fingerprint density at radius 2 is 1.60 bits per heavy atom. The molecule has 0 radical (unpaired) electrons. The van der Waals surface area contributed by atoms with Gasteiger partial charge in [-0.25, -0.2) is 0 Å². The van der Waals surface area contributed by atoms with Gasteiger partial charge in [-0.3, -0.25) is 4.79 Å². The Kier molecular flexibility index (Phi) is 10.9. The first kappa shape index (κ1) is 19.5. The minimum absolute atomic E-state index is 0.0292. The summed E-state index contributed by atoms with van der Waals surface area (Å²) in [5.41, 5.74) is 5.32. The van der Waals surface area contributed by atoms with E-state index in [9.17, 15) is 4.79 Å². The molecule has 3 N–H and O–H groups in total. The molecule has 0 aliphatic rings. The Morgan fingerprint density at radius 3 is 1.95 bits per heavy atom. The van der Waals surface area contributed by atoms with Gasteiger partial charge in [-0.1, -0.05) is 0 Å². The standard InChI is InChI=1S/C13H29NO5Si/c1-4-17-20(18-5-2,19-6-3)11-7-8-12(9-10-15)13(14)16/h12,15H,4-11H2,1-3H3,(H2,14,16). The molecule has 1 unspecified atom stereocenters. The molecule has 0 rings (SSSR count). The number of carbonyl (C=O) groups is 1. The zero-order valence-corrected chi connectivity index (χ0v) is 13.9. The van der Waals surface area contributed by atoms with E-state index in [1.165, 1.54) is 0 Å². The Balaban J connectivity index is 4.45. The molecule has 0 fully saturated rings. The fraction of sp³-hybridized carbons (Fsp3) is 0.923. The van der Waals surface area contributed by atoms with Crippen LogP contribution in [-0.4, -0.2) is 46.2 Å². The largest absolute Gasteiger partial charge is 0.500 e. The summed E-state index contributed by atoms with van der Waals surface area (Å²) in [5.74, 6) is -0.660. The van der Waals surface area contributed by atoms with Crippen molar-refractivity contribution < 1.29 is 23.2 Å². The lowest BCUT2D eigenvalue weighted by Gasteiger charge is -2.28. The van der Waals surface area contributed by atoms with E-state index in [0.29, 0.717) is 38.7 Å². The molecule has 0 bridgehead atoms. The zero-order chi connectivity index (χ0) is 15.4. The summed E-state index contributed by atoms with van der Waals surface area (Å²) >= 11 is 0. The van der Waals surface area contributed by atoms with Gasteiger partial charge in [0, 0.05) is 38.4 Å². The lowest BCUT2D eigenvalue weighted by Crippen LogP contribution is -2.46. The Bertz CT molecular complexity index is 248. The van der Waals surface area contributed by atoms with Gasteiger partial charge in [0.1, 0.15) is 0 Å². The predicted molar refractivity (Wildman–Crippen MR) is 79.1 cm³/mol. The summed E-state index contributed by atoms with van der Waals surface area (Å²) < 4.78 is 17.2. The summed E-state index contributed by atoms with van der Waals surface area (Å²) in [5, 5.41) is 8.92. The second kappa shape index (κ2) is 11.2. The van der Waals surface area contributed by atoms with E-state index in [0.717, 1.165) is 6.42 Å². The topological polar surface area (TPSA) is 91.0 Å². The number of amides is 1. The molecule has 6 nitrogen and oxygen atoms in total. The first-order valence-electron chi connectivity index (χ1n) is 7.37. The summed E-state index contributed by atoms with van der Waals surface area (Å²) in [6.07, 6.45) is 1.76. The van der Waals surface area contributed by atoms with Crippen LogP contribution in [0.5, 0.6) is 0 Å². The van der Waals surface area contributed by atoms with E-state index in [-0.39, 0.29) is 18.4 Å². The van der Waals surface area contributed by atoms with Crippen molar-refractivity contribution >= 4 is 14.7 Å². The second-order valence-electron chi connectivity index (χ2n) is 4.49. The molecule has 0 aromatic heterocycles. The number of aliphatic hydroxyl groups excluding tert-OH is 1. The third kappa shape index (κ3) is 7.35. The molecule has 0 saturated carbocycles. The highest BCUT2D eigenvalue weighted by molar-refractivity contribution is 6.60. The van der Waals surface area contributed by atoms with Crippen molar-refractivity contribution in [3.8, 4) is 0 Å². The van der Waals surface area contributed by atoms with Crippen LogP contribution in [0.4, 0.5) is 0 Å². The predicted octanol–water partition coefficient (Wildman–Crippen LogP) is 1.30. The Labute approximate surface area is 123 Å². The maximum absolute atomic E-state index is 11.3. The van der Waals surface area contributed by atoms with E-state index in [1.807, 2.05) is 20.8 Å². The van der Waals surface area contributed by atoms with Crippen LogP contribution in [0.25, 0.3) is 0 Å². The summed E-state index contributed by atoms with van der Waals surface area (Å²) in [7, 11) is -2.63. The summed E-state index contributed by atoms with van der Waals surface area (Å²) in [6.45, 7) is 7.35. The van der Waals surface area contributed by atoms with Crippen molar-refractivity contribution in [3.05, 3.63) is 0 Å². The number of hydrogen-bond donors (Lipinski definition) is 2. The van der Waals surface area contributed by atoms with E-state index in [2.05, 4.69) is 0 Å². The van der Waals surface area contributed by atoms with Gasteiger partial charge < -0.3 is 24.1 Å². The van der Waals surface area contributed by atoms with Crippen LogP contribution in [0, 0.1) is 5.92 Å². The molecule has 0 heterocycles. The van der Waals surface area contributed by atoms with E-state index in [1.54, 1.807) is 0 Å². The minimum Gasteiger partial charge on any atom is -0.396 e. The van der Waals surface area contributed by atoms with Crippen LogP contribution in [0.15, 0.2) is 0 Å². The van der Waals surface area contributed by atoms with Gasteiger partial charge in [0.25, 0.3) is 0 Å². The van der Waals surface area contributed by atoms with Crippen LogP contribution in [-0.2, 0) is 18.1 Å². The molecule has 7 heteroatoms. The molecule has 20 heavy (non-hydrogen) atoms. The number of carbonyl (C=O) groups excluding carboxylic acids is 1. The number of primary amides is 1. The van der Waals surface area contributed by atoms with Crippen molar-refractivity contribution in [1.29, 1.82) is 0 Å². The molecule has 0 aromatic carbocycles. The van der Waals surface area contributed by atoms with Gasteiger partial charge in [-0.05, 0) is 40.0 Å². The van der Waals surface area contributed by atoms with Gasteiger partial charge in [0.2, 0.25) is 5.91 Å². The van der Waals surface area contributed by atoms with Gasteiger partial charge in [0.05, 0.1) is 0 Å². The molecular formula is C13H29NO5Si. The molecule has 1 atom stereocenters. The highest BCUT2D eigenvalue weighted by Gasteiger charge is 2.39. The fourth-order valence-electron chi connectivity index (χ4n) is 2.15. The molecule has 0 spiro atoms. The van der Waals surface area contributed by atoms with Crippen molar-refractivity contribution in [2.45, 2.75) is 46.1 Å². The fourth-order valence-corrected chi connectivity index (χ4v) is 4.79. The monoisotopic (exact) mass is 307 g/mol. The average molecular weight is 307 g/mol. The molecule has 0 aliphatic heterocycles. The van der Waals surface area contributed by atoms with Gasteiger partial charge in [-0.2, -0.15) is 0 Å². The number of nitrogens with two attached hydrogens (primary N) is 1. The normalized spacial score (nSPS) is 13.4. The maximum atomic E-state index is 11.3. The van der Waals surface area contributed by atoms with Gasteiger partial charge >= 0.3 is 8.80 Å². The van der Waals surface area contributed by atoms with E-state index >= 15 is 0 Å². The molecule has 0 aromatic rings. The highest BCUT2D eigenvalue weighted by Crippen LogP contribution is 2.22. The first-order chi connectivity index (χ1) is 9.55. The summed E-state index contributed by atoms with van der Waals surface area (Å²) in [6, 6.07) is 0.664. The maximum Gasteiger partial charge on any atom is 0.500 e. The van der Waals surface area contributed by atoms with Crippen LogP contribution in [0.3, 0.4) is 0 Å². The van der Waals surface area contributed by atoms with E-state index < -0.39 is 8.80 Å². The molecular weight excluding hydrogens is 278 g/mol. The van der Waals surface area contributed by atoms with Crippen LogP contribution in [0.2, 0.25) is 6.04 Å².